The lowest BCUT2D eigenvalue weighted by Gasteiger charge is -2.28. The Kier molecular flexibility index (Phi) is 4.24. The number of nitro benzene ring substituents is 1. The van der Waals surface area contributed by atoms with E-state index in [1.807, 2.05) is 0 Å². The summed E-state index contributed by atoms with van der Waals surface area (Å²) in [7, 11) is 0. The average molecular weight is 287 g/mol. The molecule has 0 bridgehead atoms. The molecule has 2 rings (SSSR count). The Balaban J connectivity index is 2.41. The van der Waals surface area contributed by atoms with Crippen molar-refractivity contribution in [2.45, 2.75) is 18.9 Å². The first kappa shape index (κ1) is 14.0. The van der Waals surface area contributed by atoms with Gasteiger partial charge in [-0.15, -0.1) is 0 Å². The predicted octanol–water partition coefficient (Wildman–Crippen LogP) is 2.38. The van der Waals surface area contributed by atoms with E-state index in [4.69, 9.17) is 22.1 Å². The summed E-state index contributed by atoms with van der Waals surface area (Å²) in [5, 5.41) is 21.1. The molecule has 3 N–H and O–H groups in total. The number of nitro groups is 1. The Morgan fingerprint density at radius 1 is 1.47 bits per heavy atom. The summed E-state index contributed by atoms with van der Waals surface area (Å²) in [5.74, 6) is -0.258. The van der Waals surface area contributed by atoms with Crippen LogP contribution in [-0.4, -0.2) is 23.2 Å². The summed E-state index contributed by atoms with van der Waals surface area (Å²) in [6, 6.07) is 1.95. The van der Waals surface area contributed by atoms with Gasteiger partial charge in [-0.25, -0.2) is 0 Å². The Hall–Kier alpha value is -1.37. The minimum atomic E-state index is -0.622. The van der Waals surface area contributed by atoms with Gasteiger partial charge < -0.3 is 15.6 Å². The number of benzene rings is 1. The maximum Gasteiger partial charge on any atom is 0.278 e. The first-order chi connectivity index (χ1) is 9.02. The van der Waals surface area contributed by atoms with Crippen LogP contribution in [0.4, 0.5) is 5.69 Å². The summed E-state index contributed by atoms with van der Waals surface area (Å²) < 4.78 is 5.24. The monoisotopic (exact) mass is 286 g/mol. The molecular formula is C12H15ClN2O4. The lowest BCUT2D eigenvalue weighted by Crippen LogP contribution is -2.28. The number of nitrogens with two attached hydrogens (primary N) is 1. The van der Waals surface area contributed by atoms with Crippen molar-refractivity contribution in [1.82, 2.24) is 0 Å². The topological polar surface area (TPSA) is 98.6 Å². The van der Waals surface area contributed by atoms with Gasteiger partial charge in [-0.1, -0.05) is 11.6 Å². The predicted molar refractivity (Wildman–Crippen MR) is 70.2 cm³/mol. The number of rotatable bonds is 3. The fraction of sp³-hybridized carbons (Fsp3) is 0.500. The second-order valence-corrected chi connectivity index (χ2v) is 4.97. The molecule has 6 nitrogen and oxygen atoms in total. The zero-order valence-corrected chi connectivity index (χ0v) is 11.0. The van der Waals surface area contributed by atoms with Crippen LogP contribution in [-0.2, 0) is 4.74 Å². The molecule has 1 atom stereocenters. The third-order valence-corrected chi connectivity index (χ3v) is 3.75. The number of ether oxygens (including phenoxy) is 1. The molecule has 0 saturated carbocycles. The van der Waals surface area contributed by atoms with Crippen molar-refractivity contribution >= 4 is 17.3 Å². The van der Waals surface area contributed by atoms with Crippen LogP contribution in [0.3, 0.4) is 0 Å². The van der Waals surface area contributed by atoms with Crippen LogP contribution in [0.2, 0.25) is 5.02 Å². The third kappa shape index (κ3) is 2.80. The van der Waals surface area contributed by atoms with Gasteiger partial charge >= 0.3 is 0 Å². The number of hydrogen-bond acceptors (Lipinski definition) is 5. The standard InChI is InChI=1S/C12H15ClN2O4/c13-8-1-2-9(15(17)18)10(12(8)16)11(14)7-3-5-19-6-4-7/h1-2,7,11,16H,3-6,14H2/t11-/m1/s1. The highest BCUT2D eigenvalue weighted by Gasteiger charge is 2.31. The summed E-state index contributed by atoms with van der Waals surface area (Å²) in [6.45, 7) is 1.15. The van der Waals surface area contributed by atoms with E-state index in [2.05, 4.69) is 0 Å². The second kappa shape index (κ2) is 5.73. The molecule has 1 aromatic carbocycles. The lowest BCUT2D eigenvalue weighted by atomic mass is 9.86. The number of phenolic OH excluding ortho intramolecular Hbond substituents is 1. The summed E-state index contributed by atoms with van der Waals surface area (Å²) >= 11 is 5.82. The summed E-state index contributed by atoms with van der Waals surface area (Å²) in [4.78, 5) is 10.5. The van der Waals surface area contributed by atoms with Crippen LogP contribution in [0, 0.1) is 16.0 Å². The molecule has 104 valence electrons. The van der Waals surface area contributed by atoms with Crippen molar-refractivity contribution in [3.63, 3.8) is 0 Å². The van der Waals surface area contributed by atoms with Crippen molar-refractivity contribution in [2.24, 2.45) is 11.7 Å². The number of hydrogen-bond donors (Lipinski definition) is 2. The largest absolute Gasteiger partial charge is 0.506 e. The molecule has 0 aliphatic carbocycles. The van der Waals surface area contributed by atoms with E-state index in [1.165, 1.54) is 12.1 Å². The Morgan fingerprint density at radius 2 is 2.11 bits per heavy atom. The van der Waals surface area contributed by atoms with Crippen LogP contribution in [0.25, 0.3) is 0 Å². The zero-order valence-electron chi connectivity index (χ0n) is 10.2. The van der Waals surface area contributed by atoms with Crippen molar-refractivity contribution in [3.8, 4) is 5.75 Å². The molecule has 0 aromatic heterocycles. The normalized spacial score (nSPS) is 18.2. The Labute approximate surface area is 115 Å². The maximum absolute atomic E-state index is 11.0. The van der Waals surface area contributed by atoms with Crippen molar-refractivity contribution in [3.05, 3.63) is 32.8 Å². The molecule has 7 heteroatoms. The van der Waals surface area contributed by atoms with Gasteiger partial charge in [0.1, 0.15) is 5.75 Å². The Morgan fingerprint density at radius 3 is 2.68 bits per heavy atom. The molecule has 0 unspecified atom stereocenters. The molecule has 1 heterocycles. The van der Waals surface area contributed by atoms with Crippen LogP contribution in [0.5, 0.6) is 5.75 Å². The summed E-state index contributed by atoms with van der Waals surface area (Å²) in [5.41, 5.74) is 6.02. The van der Waals surface area contributed by atoms with E-state index < -0.39 is 11.0 Å². The number of aromatic hydroxyl groups is 1. The molecule has 1 saturated heterocycles. The van der Waals surface area contributed by atoms with Gasteiger partial charge in [0, 0.05) is 25.3 Å². The van der Waals surface area contributed by atoms with Crippen LogP contribution in [0.1, 0.15) is 24.4 Å². The minimum absolute atomic E-state index is 0.0387. The molecular weight excluding hydrogens is 272 g/mol. The highest BCUT2D eigenvalue weighted by Crippen LogP contribution is 2.41. The quantitative estimate of drug-likeness (QED) is 0.656. The molecule has 1 aromatic rings. The molecule has 19 heavy (non-hydrogen) atoms. The molecule has 0 amide bonds. The number of phenols is 1. The van der Waals surface area contributed by atoms with E-state index in [0.29, 0.717) is 26.1 Å². The smallest absolute Gasteiger partial charge is 0.278 e. The van der Waals surface area contributed by atoms with E-state index >= 15 is 0 Å². The maximum atomic E-state index is 11.0. The van der Waals surface area contributed by atoms with Gasteiger partial charge in [0.2, 0.25) is 0 Å². The first-order valence-electron chi connectivity index (χ1n) is 6.01. The molecule has 0 spiro atoms. The zero-order chi connectivity index (χ0) is 14.0. The van der Waals surface area contributed by atoms with Crippen molar-refractivity contribution in [2.75, 3.05) is 13.2 Å². The van der Waals surface area contributed by atoms with E-state index in [0.717, 1.165) is 0 Å². The van der Waals surface area contributed by atoms with Crippen LogP contribution >= 0.6 is 11.6 Å². The Bertz CT molecular complexity index is 489. The van der Waals surface area contributed by atoms with E-state index in [-0.39, 0.29) is 27.9 Å². The van der Waals surface area contributed by atoms with Gasteiger partial charge in [0.25, 0.3) is 5.69 Å². The van der Waals surface area contributed by atoms with Gasteiger partial charge in [-0.3, -0.25) is 10.1 Å². The number of halogens is 1. The fourth-order valence-electron chi connectivity index (χ4n) is 2.37. The van der Waals surface area contributed by atoms with Crippen LogP contribution < -0.4 is 5.73 Å². The molecule has 1 aliphatic rings. The average Bonchev–Trinajstić information content (AvgIpc) is 2.41. The molecule has 1 fully saturated rings. The molecule has 1 aliphatic heterocycles. The first-order valence-corrected chi connectivity index (χ1v) is 6.39. The third-order valence-electron chi connectivity index (χ3n) is 3.45. The van der Waals surface area contributed by atoms with Gasteiger partial charge in [-0.2, -0.15) is 0 Å². The second-order valence-electron chi connectivity index (χ2n) is 4.56. The fourth-order valence-corrected chi connectivity index (χ4v) is 2.53. The number of nitrogens with zero attached hydrogens (tertiary/aromatic N) is 1. The van der Waals surface area contributed by atoms with Crippen LogP contribution in [0.15, 0.2) is 12.1 Å². The minimum Gasteiger partial charge on any atom is -0.506 e. The van der Waals surface area contributed by atoms with Gasteiger partial charge in [-0.05, 0) is 24.8 Å². The van der Waals surface area contributed by atoms with Gasteiger partial charge in [0.05, 0.1) is 15.5 Å². The lowest BCUT2D eigenvalue weighted by molar-refractivity contribution is -0.385. The SMILES string of the molecule is N[C@@H](c1c([N+](=O)[O-])ccc(Cl)c1O)C1CCOCC1. The van der Waals surface area contributed by atoms with E-state index in [9.17, 15) is 15.2 Å². The highest BCUT2D eigenvalue weighted by molar-refractivity contribution is 6.32. The van der Waals surface area contributed by atoms with Crippen molar-refractivity contribution in [1.29, 1.82) is 0 Å². The highest BCUT2D eigenvalue weighted by atomic mass is 35.5. The van der Waals surface area contributed by atoms with Gasteiger partial charge in [0.15, 0.2) is 0 Å². The molecule has 0 radical (unpaired) electrons. The van der Waals surface area contributed by atoms with Crippen molar-refractivity contribution < 1.29 is 14.8 Å². The van der Waals surface area contributed by atoms with E-state index in [1.54, 1.807) is 0 Å². The summed E-state index contributed by atoms with van der Waals surface area (Å²) in [6.07, 6.45) is 1.43.